The van der Waals surface area contributed by atoms with E-state index in [0.29, 0.717) is 0 Å². The average Bonchev–Trinajstić information content (AvgIpc) is 2.66. The third-order valence-electron chi connectivity index (χ3n) is 6.13. The Morgan fingerprint density at radius 3 is 2.96 bits per heavy atom. The largest absolute Gasteiger partial charge is 0.497 e. The number of ether oxygens (including phenoxy) is 1. The van der Waals surface area contributed by atoms with Crippen LogP contribution in [0.1, 0.15) is 37.9 Å². The Morgan fingerprint density at radius 1 is 1.38 bits per heavy atom. The number of pyridine rings is 1. The van der Waals surface area contributed by atoms with Gasteiger partial charge in [0.15, 0.2) is 0 Å². The van der Waals surface area contributed by atoms with Crippen LogP contribution in [-0.2, 0) is 0 Å². The molecule has 0 radical (unpaired) electrons. The topological polar surface area (TPSA) is 45.6 Å². The summed E-state index contributed by atoms with van der Waals surface area (Å²) in [5.74, 6) is 2.37. The molecule has 2 bridgehead atoms. The molecule has 0 saturated carbocycles. The predicted octanol–water partition coefficient (Wildman–Crippen LogP) is 3.40. The van der Waals surface area contributed by atoms with Gasteiger partial charge in [0, 0.05) is 24.2 Å². The summed E-state index contributed by atoms with van der Waals surface area (Å²) < 4.78 is 5.36. The molecule has 4 heterocycles. The lowest BCUT2D eigenvalue weighted by atomic mass is 9.72. The van der Waals surface area contributed by atoms with E-state index in [1.54, 1.807) is 13.3 Å². The van der Waals surface area contributed by atoms with Crippen LogP contribution in [0.2, 0.25) is 0 Å². The van der Waals surface area contributed by atoms with Gasteiger partial charge in [0.05, 0.1) is 18.7 Å². The van der Waals surface area contributed by atoms with Crippen LogP contribution in [-0.4, -0.2) is 41.2 Å². The van der Waals surface area contributed by atoms with Gasteiger partial charge in [-0.2, -0.15) is 0 Å². The quantitative estimate of drug-likeness (QED) is 0.935. The van der Waals surface area contributed by atoms with E-state index in [4.69, 9.17) is 4.74 Å². The van der Waals surface area contributed by atoms with Crippen LogP contribution in [0.15, 0.2) is 30.5 Å². The van der Waals surface area contributed by atoms with Crippen LogP contribution < -0.4 is 4.74 Å². The van der Waals surface area contributed by atoms with Gasteiger partial charge in [-0.3, -0.25) is 9.88 Å². The summed E-state index contributed by atoms with van der Waals surface area (Å²) in [7, 11) is 1.67. The summed E-state index contributed by atoms with van der Waals surface area (Å²) in [6.07, 6.45) is 4.97. The predicted molar refractivity (Wildman–Crippen MR) is 95.1 cm³/mol. The summed E-state index contributed by atoms with van der Waals surface area (Å²) in [6, 6.07) is 8.07. The van der Waals surface area contributed by atoms with Gasteiger partial charge in [0.25, 0.3) is 0 Å². The third kappa shape index (κ3) is 2.58. The standard InChI is InChI=1S/C20H26N2O2/c1-3-13-12-22-9-7-14(13)10-19(22)20(23)16-6-8-21-18-5-4-15(24-2)11-17(16)18/h4-6,8,11,13-14,19-20,23H,3,7,9-10,12H2,1-2H3/t13-,14+,19?,20+/m0/s1. The third-order valence-corrected chi connectivity index (χ3v) is 6.13. The van der Waals surface area contributed by atoms with Gasteiger partial charge in [-0.1, -0.05) is 13.3 Å². The molecule has 0 spiro atoms. The van der Waals surface area contributed by atoms with E-state index in [2.05, 4.69) is 16.8 Å². The Kier molecular flexibility index (Phi) is 4.19. The van der Waals surface area contributed by atoms with Crippen molar-refractivity contribution in [2.24, 2.45) is 11.8 Å². The zero-order chi connectivity index (χ0) is 16.7. The van der Waals surface area contributed by atoms with Crippen LogP contribution in [0.3, 0.4) is 0 Å². The molecular weight excluding hydrogens is 300 g/mol. The highest BCUT2D eigenvalue weighted by molar-refractivity contribution is 5.83. The summed E-state index contributed by atoms with van der Waals surface area (Å²) in [6.45, 7) is 4.55. The zero-order valence-electron chi connectivity index (χ0n) is 14.5. The second-order valence-electron chi connectivity index (χ2n) is 7.24. The van der Waals surface area contributed by atoms with Crippen molar-refractivity contribution < 1.29 is 9.84 Å². The van der Waals surface area contributed by atoms with E-state index >= 15 is 0 Å². The monoisotopic (exact) mass is 326 g/mol. The first-order chi connectivity index (χ1) is 11.7. The van der Waals surface area contributed by atoms with Crippen molar-refractivity contribution >= 4 is 10.9 Å². The molecule has 4 nitrogen and oxygen atoms in total. The number of hydrogen-bond acceptors (Lipinski definition) is 4. The first-order valence-corrected chi connectivity index (χ1v) is 9.06. The smallest absolute Gasteiger partial charge is 0.119 e. The maximum atomic E-state index is 11.2. The lowest BCUT2D eigenvalue weighted by Crippen LogP contribution is -2.55. The number of fused-ring (bicyclic) bond motifs is 4. The van der Waals surface area contributed by atoms with Crippen molar-refractivity contribution in [1.29, 1.82) is 0 Å². The highest BCUT2D eigenvalue weighted by atomic mass is 16.5. The van der Waals surface area contributed by atoms with E-state index in [0.717, 1.165) is 53.6 Å². The fourth-order valence-corrected chi connectivity index (χ4v) is 4.71. The van der Waals surface area contributed by atoms with Crippen LogP contribution in [0.5, 0.6) is 5.75 Å². The number of aromatic nitrogens is 1. The van der Waals surface area contributed by atoms with Crippen molar-refractivity contribution in [3.8, 4) is 5.75 Å². The maximum absolute atomic E-state index is 11.2. The van der Waals surface area contributed by atoms with Crippen LogP contribution in [0.4, 0.5) is 0 Å². The summed E-state index contributed by atoms with van der Waals surface area (Å²) in [4.78, 5) is 6.94. The Balaban J connectivity index is 1.68. The van der Waals surface area contributed by atoms with Crippen molar-refractivity contribution in [2.75, 3.05) is 20.2 Å². The SMILES string of the molecule is CC[C@H]1CN2CC[C@@H]1CC2[C@H](O)c1ccnc2ccc(OC)cc12. The molecule has 0 amide bonds. The molecule has 1 N–H and O–H groups in total. The first-order valence-electron chi connectivity index (χ1n) is 9.06. The number of methoxy groups -OCH3 is 1. The minimum atomic E-state index is -0.469. The van der Waals surface area contributed by atoms with Gasteiger partial charge in [-0.05, 0) is 61.1 Å². The molecule has 3 aliphatic heterocycles. The average molecular weight is 326 g/mol. The molecule has 128 valence electrons. The zero-order valence-corrected chi connectivity index (χ0v) is 14.5. The highest BCUT2D eigenvalue weighted by Gasteiger charge is 2.42. The van der Waals surface area contributed by atoms with Crippen molar-refractivity contribution in [3.05, 3.63) is 36.0 Å². The maximum Gasteiger partial charge on any atom is 0.119 e. The summed E-state index contributed by atoms with van der Waals surface area (Å²) in [5, 5.41) is 12.2. The van der Waals surface area contributed by atoms with Gasteiger partial charge in [0.2, 0.25) is 0 Å². The minimum Gasteiger partial charge on any atom is -0.497 e. The summed E-state index contributed by atoms with van der Waals surface area (Å²) >= 11 is 0. The van der Waals surface area contributed by atoms with Crippen molar-refractivity contribution in [1.82, 2.24) is 9.88 Å². The number of rotatable bonds is 4. The fourth-order valence-electron chi connectivity index (χ4n) is 4.71. The molecule has 3 aliphatic rings. The number of piperidine rings is 3. The summed E-state index contributed by atoms with van der Waals surface area (Å²) in [5.41, 5.74) is 1.89. The van der Waals surface area contributed by atoms with E-state index in [9.17, 15) is 5.11 Å². The molecule has 5 rings (SSSR count). The van der Waals surface area contributed by atoms with E-state index in [1.807, 2.05) is 24.3 Å². The molecule has 1 aromatic heterocycles. The molecule has 2 aromatic rings. The minimum absolute atomic E-state index is 0.225. The van der Waals surface area contributed by atoms with E-state index in [1.165, 1.54) is 12.8 Å². The number of aliphatic hydroxyl groups excluding tert-OH is 1. The molecule has 3 fully saturated rings. The van der Waals surface area contributed by atoms with Crippen molar-refractivity contribution in [2.45, 2.75) is 38.3 Å². The molecule has 0 aliphatic carbocycles. The van der Waals surface area contributed by atoms with Gasteiger partial charge < -0.3 is 9.84 Å². The van der Waals surface area contributed by atoms with Crippen LogP contribution in [0, 0.1) is 11.8 Å². The molecule has 2 unspecified atom stereocenters. The normalized spacial score (nSPS) is 30.5. The van der Waals surface area contributed by atoms with Crippen LogP contribution >= 0.6 is 0 Å². The highest BCUT2D eigenvalue weighted by Crippen LogP contribution is 2.42. The lowest BCUT2D eigenvalue weighted by Gasteiger charge is -2.51. The molecule has 3 saturated heterocycles. The number of benzene rings is 1. The Morgan fingerprint density at radius 2 is 2.25 bits per heavy atom. The molecule has 1 aromatic carbocycles. The Bertz CT molecular complexity index is 733. The van der Waals surface area contributed by atoms with E-state index in [-0.39, 0.29) is 6.04 Å². The second-order valence-corrected chi connectivity index (χ2v) is 7.24. The lowest BCUT2D eigenvalue weighted by molar-refractivity contribution is -0.0562. The number of hydrogen-bond donors (Lipinski definition) is 1. The van der Waals surface area contributed by atoms with Gasteiger partial charge in [-0.25, -0.2) is 0 Å². The molecular formula is C20H26N2O2. The first kappa shape index (κ1) is 15.9. The Hall–Kier alpha value is -1.65. The van der Waals surface area contributed by atoms with Gasteiger partial charge >= 0.3 is 0 Å². The molecule has 4 heteroatoms. The molecule has 24 heavy (non-hydrogen) atoms. The second kappa shape index (κ2) is 6.34. The number of aliphatic hydroxyl groups is 1. The Labute approximate surface area is 143 Å². The fraction of sp³-hybridized carbons (Fsp3) is 0.550. The van der Waals surface area contributed by atoms with Gasteiger partial charge in [0.1, 0.15) is 5.75 Å². The van der Waals surface area contributed by atoms with Crippen molar-refractivity contribution in [3.63, 3.8) is 0 Å². The van der Waals surface area contributed by atoms with Gasteiger partial charge in [-0.15, -0.1) is 0 Å². The molecule has 5 atom stereocenters. The number of nitrogens with zero attached hydrogens (tertiary/aromatic N) is 2. The van der Waals surface area contributed by atoms with Crippen LogP contribution in [0.25, 0.3) is 10.9 Å². The van der Waals surface area contributed by atoms with E-state index < -0.39 is 6.10 Å².